The van der Waals surface area contributed by atoms with E-state index >= 15 is 0 Å². The average Bonchev–Trinajstić information content (AvgIpc) is 1.90. The third kappa shape index (κ3) is 17.7. The second-order valence-electron chi connectivity index (χ2n) is 1.90. The largest absolute Gasteiger partial charge is 0.638 e. The molecule has 0 aromatic carbocycles. The molecule has 0 aliphatic rings. The van der Waals surface area contributed by atoms with Crippen LogP contribution in [0, 0.1) is 0 Å². The van der Waals surface area contributed by atoms with Crippen molar-refractivity contribution in [3.05, 3.63) is 0 Å². The Morgan fingerprint density at radius 1 is 1.00 bits per heavy atom. The lowest BCUT2D eigenvalue weighted by Crippen LogP contribution is -2.21. The lowest BCUT2D eigenvalue weighted by atomic mass is 10.2. The van der Waals surface area contributed by atoms with E-state index in [2.05, 4.69) is 14.0 Å². The summed E-state index contributed by atoms with van der Waals surface area (Å²) in [6.45, 7) is 3.06. The van der Waals surface area contributed by atoms with Crippen molar-refractivity contribution in [1.29, 1.82) is 0 Å². The first kappa shape index (κ1) is 13.2. The normalized spacial score (nSPS) is 8.09. The second kappa shape index (κ2) is 9.61. The molecule has 11 heavy (non-hydrogen) atoms. The molecule has 0 aliphatic carbocycles. The lowest BCUT2D eigenvalue weighted by Gasteiger charge is -2.01. The van der Waals surface area contributed by atoms with Crippen LogP contribution in [0.4, 0.5) is 0 Å². The number of hydrogen-bond donors (Lipinski definition) is 0. The topological polar surface area (TPSA) is 44.8 Å². The molecule has 0 atom stereocenters. The van der Waals surface area contributed by atoms with Gasteiger partial charge in [0.05, 0.1) is 0 Å². The zero-order chi connectivity index (χ0) is 9.28. The molecule has 0 radical (unpaired) electrons. The molecule has 0 unspecified atom stereocenters. The molecule has 0 N–H and O–H groups in total. The standard InChI is InChI=1S/C3H9BO3.C3H6O/c1-5-4(6-2)7-3;1-3(2)4/h1-3H3;1-2H3. The van der Waals surface area contributed by atoms with Gasteiger partial charge in [0, 0.05) is 21.3 Å². The van der Waals surface area contributed by atoms with Gasteiger partial charge in [0.15, 0.2) is 0 Å². The van der Waals surface area contributed by atoms with E-state index in [-0.39, 0.29) is 5.78 Å². The minimum absolute atomic E-state index is 0.167. The zero-order valence-corrected chi connectivity index (χ0v) is 7.71. The van der Waals surface area contributed by atoms with E-state index in [1.807, 2.05) is 0 Å². The van der Waals surface area contributed by atoms with Gasteiger partial charge < -0.3 is 18.8 Å². The highest BCUT2D eigenvalue weighted by Crippen LogP contribution is 1.81. The van der Waals surface area contributed by atoms with Crippen molar-refractivity contribution < 1.29 is 18.8 Å². The molecule has 5 heteroatoms. The molecule has 0 amide bonds. The smallest absolute Gasteiger partial charge is 0.389 e. The van der Waals surface area contributed by atoms with Crippen LogP contribution in [-0.4, -0.2) is 34.4 Å². The molecule has 0 fully saturated rings. The number of carbonyl (C=O) groups excluding carboxylic acids is 1. The molecule has 0 saturated carbocycles. The molecular weight excluding hydrogens is 147 g/mol. The molecule has 66 valence electrons. The van der Waals surface area contributed by atoms with E-state index in [4.69, 9.17) is 0 Å². The summed E-state index contributed by atoms with van der Waals surface area (Å²) in [6.07, 6.45) is 0. The van der Waals surface area contributed by atoms with Crippen molar-refractivity contribution in [3.63, 3.8) is 0 Å². The summed E-state index contributed by atoms with van der Waals surface area (Å²) in [6, 6.07) is 0. The Labute approximate surface area is 68.0 Å². The molecular formula is C6H15BO4. The maximum Gasteiger partial charge on any atom is 0.638 e. The highest BCUT2D eigenvalue weighted by atomic mass is 16.7. The summed E-state index contributed by atoms with van der Waals surface area (Å²) in [5.41, 5.74) is 0. The van der Waals surface area contributed by atoms with Crippen LogP contribution in [0.1, 0.15) is 13.8 Å². The van der Waals surface area contributed by atoms with Crippen LogP contribution >= 0.6 is 0 Å². The van der Waals surface area contributed by atoms with Crippen molar-refractivity contribution >= 4 is 13.1 Å². The quantitative estimate of drug-likeness (QED) is 0.567. The number of rotatable bonds is 3. The highest BCUT2D eigenvalue weighted by molar-refractivity contribution is 6.36. The molecule has 0 heterocycles. The third-order valence-electron chi connectivity index (χ3n) is 0.577. The van der Waals surface area contributed by atoms with Crippen LogP contribution in [0.2, 0.25) is 0 Å². The van der Waals surface area contributed by atoms with Crippen LogP contribution in [0.3, 0.4) is 0 Å². The van der Waals surface area contributed by atoms with E-state index in [1.165, 1.54) is 35.2 Å². The molecule has 0 bridgehead atoms. The first-order valence-electron chi connectivity index (χ1n) is 3.14. The number of hydrogen-bond acceptors (Lipinski definition) is 4. The summed E-state index contributed by atoms with van der Waals surface area (Å²) in [7, 11) is 4.02. The molecule has 0 rings (SSSR count). The Kier molecular flexibility index (Phi) is 11.6. The van der Waals surface area contributed by atoms with Gasteiger partial charge in [-0.25, -0.2) is 0 Å². The van der Waals surface area contributed by atoms with Crippen molar-refractivity contribution in [2.75, 3.05) is 21.3 Å². The first-order valence-corrected chi connectivity index (χ1v) is 3.14. The summed E-state index contributed by atoms with van der Waals surface area (Å²) < 4.78 is 13.8. The summed E-state index contributed by atoms with van der Waals surface area (Å²) in [5.74, 6) is 0.167. The van der Waals surface area contributed by atoms with Gasteiger partial charge >= 0.3 is 7.32 Å². The molecule has 0 aromatic heterocycles. The molecule has 0 spiro atoms. The van der Waals surface area contributed by atoms with E-state index in [9.17, 15) is 4.79 Å². The molecule has 0 saturated heterocycles. The van der Waals surface area contributed by atoms with Crippen LogP contribution in [0.25, 0.3) is 0 Å². The van der Waals surface area contributed by atoms with Crippen LogP contribution in [0.15, 0.2) is 0 Å². The van der Waals surface area contributed by atoms with E-state index in [1.54, 1.807) is 0 Å². The van der Waals surface area contributed by atoms with Gasteiger partial charge in [0.25, 0.3) is 0 Å². The maximum atomic E-state index is 9.44. The SMILES string of the molecule is CC(C)=O.COB(OC)OC. The van der Waals surface area contributed by atoms with Gasteiger partial charge in [-0.3, -0.25) is 0 Å². The summed E-state index contributed by atoms with van der Waals surface area (Å²) >= 11 is 0. The monoisotopic (exact) mass is 162 g/mol. The van der Waals surface area contributed by atoms with Gasteiger partial charge in [-0.2, -0.15) is 0 Å². The fourth-order valence-electron chi connectivity index (χ4n) is 0.289. The maximum absolute atomic E-state index is 9.44. The fourth-order valence-corrected chi connectivity index (χ4v) is 0.289. The van der Waals surface area contributed by atoms with Crippen LogP contribution < -0.4 is 0 Å². The van der Waals surface area contributed by atoms with Gasteiger partial charge in [-0.1, -0.05) is 0 Å². The van der Waals surface area contributed by atoms with Crippen LogP contribution in [0.5, 0.6) is 0 Å². The highest BCUT2D eigenvalue weighted by Gasteiger charge is 2.12. The van der Waals surface area contributed by atoms with Gasteiger partial charge in [-0.15, -0.1) is 0 Å². The Morgan fingerprint density at radius 2 is 1.18 bits per heavy atom. The van der Waals surface area contributed by atoms with E-state index in [0.29, 0.717) is 0 Å². The Hall–Kier alpha value is -0.385. The minimum Gasteiger partial charge on any atom is -0.389 e. The van der Waals surface area contributed by atoms with Gasteiger partial charge in [0.1, 0.15) is 5.78 Å². The van der Waals surface area contributed by atoms with Crippen molar-refractivity contribution in [2.45, 2.75) is 13.8 Å². The predicted octanol–water partition coefficient (Wildman–Crippen LogP) is 0.506. The number of ketones is 1. The first-order chi connectivity index (χ1) is 5.08. The van der Waals surface area contributed by atoms with E-state index in [0.717, 1.165) is 0 Å². The van der Waals surface area contributed by atoms with Gasteiger partial charge in [-0.05, 0) is 13.8 Å². The number of carbonyl (C=O) groups is 1. The van der Waals surface area contributed by atoms with Crippen molar-refractivity contribution in [1.82, 2.24) is 0 Å². The lowest BCUT2D eigenvalue weighted by molar-refractivity contribution is -0.114. The minimum atomic E-state index is -0.514. The van der Waals surface area contributed by atoms with Crippen molar-refractivity contribution in [2.24, 2.45) is 0 Å². The zero-order valence-electron chi connectivity index (χ0n) is 7.71. The average molecular weight is 162 g/mol. The summed E-state index contributed by atoms with van der Waals surface area (Å²) in [5, 5.41) is 0. The Balaban J connectivity index is 0. The number of Topliss-reactive ketones (excluding diaryl/α,β-unsaturated/α-hetero) is 1. The molecule has 0 aromatic rings. The van der Waals surface area contributed by atoms with Crippen LogP contribution in [-0.2, 0) is 18.8 Å². The van der Waals surface area contributed by atoms with Gasteiger partial charge in [0.2, 0.25) is 0 Å². The second-order valence-corrected chi connectivity index (χ2v) is 1.90. The predicted molar refractivity (Wildman–Crippen MR) is 43.1 cm³/mol. The summed E-state index contributed by atoms with van der Waals surface area (Å²) in [4.78, 5) is 9.44. The molecule has 0 aliphatic heterocycles. The van der Waals surface area contributed by atoms with E-state index < -0.39 is 7.32 Å². The Morgan fingerprint density at radius 3 is 1.18 bits per heavy atom. The fraction of sp³-hybridized carbons (Fsp3) is 0.833. The van der Waals surface area contributed by atoms with Crippen molar-refractivity contribution in [3.8, 4) is 0 Å². The third-order valence-corrected chi connectivity index (χ3v) is 0.577. The Bertz CT molecular complexity index is 83.1. The molecule has 4 nitrogen and oxygen atoms in total.